The predicted octanol–water partition coefficient (Wildman–Crippen LogP) is 0.681. The number of hydrogen-bond donors (Lipinski definition) is 0. The van der Waals surface area contributed by atoms with Crippen LogP contribution in [0.4, 0.5) is 0 Å². The first-order chi connectivity index (χ1) is 5.42. The van der Waals surface area contributed by atoms with Crippen LogP contribution >= 0.6 is 0 Å². The Morgan fingerprint density at radius 2 is 2.27 bits per heavy atom. The minimum atomic E-state index is 0.378. The molecule has 4 heteroatoms. The van der Waals surface area contributed by atoms with Crippen LogP contribution in [0, 0.1) is 0 Å². The normalized spacial score (nSPS) is 10.2. The Kier molecular flexibility index (Phi) is 1.18. The van der Waals surface area contributed by atoms with Gasteiger partial charge in [0.1, 0.15) is 11.0 Å². The predicted molar refractivity (Wildman–Crippen MR) is 36.6 cm³/mol. The first-order valence-corrected chi connectivity index (χ1v) is 3.01. The fraction of sp³-hybridized carbons (Fsp3) is 0. The maximum Gasteiger partial charge on any atom is 0.235 e. The summed E-state index contributed by atoms with van der Waals surface area (Å²) in [6.07, 6.45) is 1.74. The summed E-state index contributed by atoms with van der Waals surface area (Å²) >= 11 is 0. The van der Waals surface area contributed by atoms with Crippen molar-refractivity contribution in [3.63, 3.8) is 0 Å². The molecule has 0 amide bonds. The smallest absolute Gasteiger partial charge is 0.235 e. The molecule has 0 spiro atoms. The van der Waals surface area contributed by atoms with E-state index in [4.69, 9.17) is 0 Å². The van der Waals surface area contributed by atoms with Gasteiger partial charge in [-0.2, -0.15) is 0 Å². The van der Waals surface area contributed by atoms with E-state index in [0.29, 0.717) is 16.6 Å². The number of rotatable bonds is 1. The summed E-state index contributed by atoms with van der Waals surface area (Å²) in [4.78, 5) is 10.3. The van der Waals surface area contributed by atoms with E-state index < -0.39 is 0 Å². The fourth-order valence-electron chi connectivity index (χ4n) is 0.889. The van der Waals surface area contributed by atoms with Gasteiger partial charge in [0, 0.05) is 0 Å². The van der Waals surface area contributed by atoms with Crippen molar-refractivity contribution in [1.82, 2.24) is 10.3 Å². The standard InChI is InChI=1S/C7H3N2O2/c10-4-5-2-1-3-6-7(5)9-11-8-6/h1-3H. The second-order valence-electron chi connectivity index (χ2n) is 2.04. The largest absolute Gasteiger partial charge is 0.285 e. The van der Waals surface area contributed by atoms with E-state index >= 15 is 0 Å². The topological polar surface area (TPSA) is 56.0 Å². The molecule has 0 saturated carbocycles. The van der Waals surface area contributed by atoms with Crippen molar-refractivity contribution in [2.75, 3.05) is 0 Å². The van der Waals surface area contributed by atoms with Gasteiger partial charge in [-0.15, -0.1) is 0 Å². The number of benzene rings is 1. The first-order valence-electron chi connectivity index (χ1n) is 3.01. The number of carbonyl (C=O) groups excluding carboxylic acids is 1. The van der Waals surface area contributed by atoms with Crippen molar-refractivity contribution in [3.05, 3.63) is 23.8 Å². The summed E-state index contributed by atoms with van der Waals surface area (Å²) in [5.41, 5.74) is 1.41. The molecule has 1 radical (unpaired) electrons. The van der Waals surface area contributed by atoms with Gasteiger partial charge in [-0.25, -0.2) is 4.63 Å². The molecule has 0 fully saturated rings. The summed E-state index contributed by atoms with van der Waals surface area (Å²) in [5.74, 6) is 0. The van der Waals surface area contributed by atoms with Gasteiger partial charge in [-0.1, -0.05) is 6.07 Å². The summed E-state index contributed by atoms with van der Waals surface area (Å²) in [5, 5.41) is 7.10. The van der Waals surface area contributed by atoms with E-state index in [-0.39, 0.29) is 0 Å². The molecule has 0 aliphatic rings. The number of fused-ring (bicyclic) bond motifs is 1. The van der Waals surface area contributed by atoms with Gasteiger partial charge in [-0.3, -0.25) is 4.79 Å². The molecule has 0 aliphatic heterocycles. The number of nitrogens with zero attached hydrogens (tertiary/aromatic N) is 2. The molecule has 0 atom stereocenters. The highest BCUT2D eigenvalue weighted by molar-refractivity contribution is 5.93. The summed E-state index contributed by atoms with van der Waals surface area (Å²) < 4.78 is 4.43. The second kappa shape index (κ2) is 2.16. The molecule has 0 aliphatic carbocycles. The zero-order chi connectivity index (χ0) is 7.68. The molecular formula is C7H3N2O2. The minimum Gasteiger partial charge on any atom is -0.285 e. The average molecular weight is 147 g/mol. The second-order valence-corrected chi connectivity index (χ2v) is 2.04. The Bertz CT molecular complexity index is 394. The molecular weight excluding hydrogens is 144 g/mol. The molecule has 53 valence electrons. The van der Waals surface area contributed by atoms with E-state index in [0.717, 1.165) is 0 Å². The molecule has 11 heavy (non-hydrogen) atoms. The van der Waals surface area contributed by atoms with Crippen molar-refractivity contribution >= 4 is 17.3 Å². The minimum absolute atomic E-state index is 0.378. The van der Waals surface area contributed by atoms with Gasteiger partial charge in [0.15, 0.2) is 0 Å². The fourth-order valence-corrected chi connectivity index (χ4v) is 0.889. The molecule has 0 unspecified atom stereocenters. The summed E-state index contributed by atoms with van der Waals surface area (Å²) in [6.45, 7) is 0. The van der Waals surface area contributed by atoms with Crippen LogP contribution in [0.15, 0.2) is 22.8 Å². The Labute approximate surface area is 61.8 Å². The molecule has 0 N–H and O–H groups in total. The third-order valence-corrected chi connectivity index (χ3v) is 1.40. The van der Waals surface area contributed by atoms with Crippen LogP contribution in [0.25, 0.3) is 11.0 Å². The molecule has 1 aromatic heterocycles. The van der Waals surface area contributed by atoms with Gasteiger partial charge in [0.25, 0.3) is 0 Å². The highest BCUT2D eigenvalue weighted by atomic mass is 16.6. The molecule has 2 rings (SSSR count). The highest BCUT2D eigenvalue weighted by Gasteiger charge is 2.04. The van der Waals surface area contributed by atoms with Crippen molar-refractivity contribution in [3.8, 4) is 0 Å². The van der Waals surface area contributed by atoms with Crippen molar-refractivity contribution in [1.29, 1.82) is 0 Å². The van der Waals surface area contributed by atoms with E-state index in [9.17, 15) is 4.79 Å². The van der Waals surface area contributed by atoms with Crippen LogP contribution in [0.2, 0.25) is 0 Å². The third kappa shape index (κ3) is 0.797. The zero-order valence-corrected chi connectivity index (χ0v) is 5.44. The van der Waals surface area contributed by atoms with Crippen LogP contribution < -0.4 is 0 Å². The molecule has 1 aromatic carbocycles. The van der Waals surface area contributed by atoms with Crippen LogP contribution in [-0.4, -0.2) is 16.6 Å². The SMILES string of the molecule is O=[C]c1cccc2nonc12. The van der Waals surface area contributed by atoms with Crippen molar-refractivity contribution in [2.24, 2.45) is 0 Å². The van der Waals surface area contributed by atoms with E-state index in [2.05, 4.69) is 14.9 Å². The summed E-state index contributed by atoms with van der Waals surface area (Å²) in [7, 11) is 0. The monoisotopic (exact) mass is 147 g/mol. The average Bonchev–Trinajstić information content (AvgIpc) is 2.50. The lowest BCUT2D eigenvalue weighted by Gasteiger charge is -1.84. The van der Waals surface area contributed by atoms with Crippen molar-refractivity contribution in [2.45, 2.75) is 0 Å². The van der Waals surface area contributed by atoms with Gasteiger partial charge in [-0.05, 0) is 22.4 Å². The number of hydrogen-bond acceptors (Lipinski definition) is 4. The van der Waals surface area contributed by atoms with E-state index in [1.165, 1.54) is 0 Å². The molecule has 2 aromatic rings. The Balaban J connectivity index is 2.88. The lowest BCUT2D eigenvalue weighted by atomic mass is 10.2. The van der Waals surface area contributed by atoms with Crippen molar-refractivity contribution < 1.29 is 9.42 Å². The van der Waals surface area contributed by atoms with Crippen LogP contribution in [-0.2, 0) is 4.79 Å². The van der Waals surface area contributed by atoms with Crippen LogP contribution in [0.3, 0.4) is 0 Å². The van der Waals surface area contributed by atoms with Crippen LogP contribution in [0.1, 0.15) is 5.56 Å². The molecule has 0 bridgehead atoms. The van der Waals surface area contributed by atoms with Gasteiger partial charge >= 0.3 is 0 Å². The third-order valence-electron chi connectivity index (χ3n) is 1.40. The maximum absolute atomic E-state index is 10.3. The van der Waals surface area contributed by atoms with Gasteiger partial charge < -0.3 is 0 Å². The van der Waals surface area contributed by atoms with Gasteiger partial charge in [0.2, 0.25) is 6.29 Å². The quantitative estimate of drug-likeness (QED) is 0.595. The van der Waals surface area contributed by atoms with E-state index in [1.54, 1.807) is 24.5 Å². The molecule has 1 heterocycles. The molecule has 0 saturated heterocycles. The van der Waals surface area contributed by atoms with Crippen LogP contribution in [0.5, 0.6) is 0 Å². The molecule has 4 nitrogen and oxygen atoms in total. The lowest BCUT2D eigenvalue weighted by molar-refractivity contribution is 0.315. The Morgan fingerprint density at radius 3 is 3.09 bits per heavy atom. The lowest BCUT2D eigenvalue weighted by Crippen LogP contribution is -1.81. The van der Waals surface area contributed by atoms with Gasteiger partial charge in [0.05, 0.1) is 5.56 Å². The first kappa shape index (κ1) is 6.03. The Hall–Kier alpha value is -1.71. The zero-order valence-electron chi connectivity index (χ0n) is 5.44. The Morgan fingerprint density at radius 1 is 1.36 bits per heavy atom. The number of aromatic nitrogens is 2. The highest BCUT2D eigenvalue weighted by Crippen LogP contribution is 2.11. The van der Waals surface area contributed by atoms with E-state index in [1.807, 2.05) is 0 Å². The maximum atomic E-state index is 10.3. The summed E-state index contributed by atoms with van der Waals surface area (Å²) in [6, 6.07) is 5.03.